The van der Waals surface area contributed by atoms with E-state index in [1.165, 1.54) is 5.65 Å². The standard InChI is InChI=1S/C10H12FN3O/c1-7(2)15-10-5-9(13-14-11)4-3-8(10)6-12/h3-5,7,13-14H,1-2H3. The highest BCUT2D eigenvalue weighted by molar-refractivity contribution is 5.54. The van der Waals surface area contributed by atoms with Gasteiger partial charge in [0.15, 0.2) is 0 Å². The van der Waals surface area contributed by atoms with Crippen LogP contribution in [0.2, 0.25) is 0 Å². The number of hydrogen-bond acceptors (Lipinski definition) is 4. The quantitative estimate of drug-likeness (QED) is 0.589. The fourth-order valence-corrected chi connectivity index (χ4v) is 1.10. The zero-order valence-corrected chi connectivity index (χ0v) is 8.54. The first-order chi connectivity index (χ1) is 7.17. The van der Waals surface area contributed by atoms with Gasteiger partial charge < -0.3 is 4.74 Å². The van der Waals surface area contributed by atoms with Gasteiger partial charge in [0.25, 0.3) is 0 Å². The van der Waals surface area contributed by atoms with Crippen molar-refractivity contribution in [3.8, 4) is 11.8 Å². The Morgan fingerprint density at radius 1 is 1.47 bits per heavy atom. The molecule has 0 heterocycles. The lowest BCUT2D eigenvalue weighted by Gasteiger charge is -2.12. The number of nitrogens with zero attached hydrogens (tertiary/aromatic N) is 1. The van der Waals surface area contributed by atoms with E-state index in [2.05, 4.69) is 5.43 Å². The summed E-state index contributed by atoms with van der Waals surface area (Å²) < 4.78 is 17.2. The molecular formula is C10H12FN3O. The van der Waals surface area contributed by atoms with E-state index < -0.39 is 0 Å². The number of ether oxygens (including phenoxy) is 1. The number of halogens is 1. The lowest BCUT2D eigenvalue weighted by atomic mass is 10.2. The van der Waals surface area contributed by atoms with Crippen LogP contribution in [0.15, 0.2) is 18.2 Å². The SMILES string of the molecule is CC(C)Oc1cc(NNF)ccc1C#N. The third kappa shape index (κ3) is 3.11. The number of hydrogen-bond donors (Lipinski definition) is 2. The van der Waals surface area contributed by atoms with Crippen LogP contribution in [-0.2, 0) is 0 Å². The Balaban J connectivity index is 2.98. The van der Waals surface area contributed by atoms with Crippen LogP contribution in [0.1, 0.15) is 19.4 Å². The number of nitrogens with one attached hydrogen (secondary N) is 2. The largest absolute Gasteiger partial charge is 0.490 e. The molecule has 2 N–H and O–H groups in total. The average molecular weight is 209 g/mol. The second-order valence-electron chi connectivity index (χ2n) is 3.21. The predicted molar refractivity (Wildman–Crippen MR) is 54.8 cm³/mol. The van der Waals surface area contributed by atoms with Crippen LogP contribution in [0, 0.1) is 11.3 Å². The molecule has 1 aromatic carbocycles. The first-order valence-corrected chi connectivity index (χ1v) is 4.50. The van der Waals surface area contributed by atoms with E-state index >= 15 is 0 Å². The molecule has 0 bridgehead atoms. The van der Waals surface area contributed by atoms with E-state index in [1.807, 2.05) is 19.9 Å². The molecule has 0 saturated carbocycles. The van der Waals surface area contributed by atoms with Crippen molar-refractivity contribution in [2.45, 2.75) is 20.0 Å². The minimum Gasteiger partial charge on any atom is -0.490 e. The van der Waals surface area contributed by atoms with Crippen molar-refractivity contribution in [1.82, 2.24) is 5.65 Å². The van der Waals surface area contributed by atoms with Gasteiger partial charge in [-0.15, -0.1) is 4.48 Å². The number of nitriles is 1. The number of rotatable bonds is 4. The van der Waals surface area contributed by atoms with Crippen LogP contribution in [0.25, 0.3) is 0 Å². The molecule has 0 aliphatic heterocycles. The molecule has 0 saturated heterocycles. The topological polar surface area (TPSA) is 57.1 Å². The summed E-state index contributed by atoms with van der Waals surface area (Å²) in [5, 5.41) is 8.81. The smallest absolute Gasteiger partial charge is 0.139 e. The molecule has 5 heteroatoms. The maximum Gasteiger partial charge on any atom is 0.139 e. The Labute approximate surface area is 87.6 Å². The van der Waals surface area contributed by atoms with Crippen molar-refractivity contribution in [2.75, 3.05) is 5.43 Å². The van der Waals surface area contributed by atoms with Gasteiger partial charge in [-0.25, -0.2) is 0 Å². The van der Waals surface area contributed by atoms with Crippen LogP contribution in [0.3, 0.4) is 0 Å². The molecule has 0 fully saturated rings. The van der Waals surface area contributed by atoms with Crippen LogP contribution < -0.4 is 15.8 Å². The van der Waals surface area contributed by atoms with E-state index in [4.69, 9.17) is 10.00 Å². The van der Waals surface area contributed by atoms with Gasteiger partial charge in [0, 0.05) is 6.07 Å². The number of anilines is 1. The van der Waals surface area contributed by atoms with Gasteiger partial charge in [0.1, 0.15) is 11.8 Å². The molecular weight excluding hydrogens is 197 g/mol. The number of hydrazine groups is 1. The van der Waals surface area contributed by atoms with Crippen LogP contribution in [-0.4, -0.2) is 6.10 Å². The summed E-state index contributed by atoms with van der Waals surface area (Å²) in [5.41, 5.74) is 4.50. The van der Waals surface area contributed by atoms with Crippen molar-refractivity contribution in [2.24, 2.45) is 0 Å². The Hall–Kier alpha value is -1.80. The van der Waals surface area contributed by atoms with E-state index in [-0.39, 0.29) is 6.10 Å². The lowest BCUT2D eigenvalue weighted by Crippen LogP contribution is -2.11. The van der Waals surface area contributed by atoms with Crippen molar-refractivity contribution in [3.05, 3.63) is 23.8 Å². The maximum absolute atomic E-state index is 11.8. The van der Waals surface area contributed by atoms with E-state index in [0.29, 0.717) is 17.0 Å². The van der Waals surface area contributed by atoms with E-state index in [0.717, 1.165) is 0 Å². The zero-order chi connectivity index (χ0) is 11.3. The molecule has 4 nitrogen and oxygen atoms in total. The third-order valence-corrected chi connectivity index (χ3v) is 1.66. The van der Waals surface area contributed by atoms with Crippen molar-refractivity contribution < 1.29 is 9.22 Å². The van der Waals surface area contributed by atoms with Gasteiger partial charge in [-0.3, -0.25) is 5.43 Å². The van der Waals surface area contributed by atoms with E-state index in [1.54, 1.807) is 18.2 Å². The van der Waals surface area contributed by atoms with E-state index in [9.17, 15) is 4.48 Å². The molecule has 80 valence electrons. The fourth-order valence-electron chi connectivity index (χ4n) is 1.10. The zero-order valence-electron chi connectivity index (χ0n) is 8.54. The Bertz CT molecular complexity index is 373. The Morgan fingerprint density at radius 2 is 2.20 bits per heavy atom. The molecule has 0 amide bonds. The van der Waals surface area contributed by atoms with Crippen molar-refractivity contribution in [1.29, 1.82) is 5.26 Å². The summed E-state index contributed by atoms with van der Waals surface area (Å²) in [6.07, 6.45) is -0.0364. The second-order valence-corrected chi connectivity index (χ2v) is 3.21. The monoisotopic (exact) mass is 209 g/mol. The summed E-state index contributed by atoms with van der Waals surface area (Å²) in [6, 6.07) is 6.71. The van der Waals surface area contributed by atoms with Gasteiger partial charge in [-0.2, -0.15) is 5.26 Å². The van der Waals surface area contributed by atoms with Gasteiger partial charge in [0.2, 0.25) is 0 Å². The molecule has 0 aliphatic rings. The van der Waals surface area contributed by atoms with Gasteiger partial charge in [0.05, 0.1) is 17.4 Å². The van der Waals surface area contributed by atoms with Gasteiger partial charge in [-0.05, 0) is 26.0 Å². The normalized spacial score (nSPS) is 9.80. The van der Waals surface area contributed by atoms with Crippen LogP contribution >= 0.6 is 0 Å². The van der Waals surface area contributed by atoms with Crippen molar-refractivity contribution in [3.63, 3.8) is 0 Å². The molecule has 15 heavy (non-hydrogen) atoms. The fraction of sp³-hybridized carbons (Fsp3) is 0.300. The molecule has 0 aromatic heterocycles. The summed E-state index contributed by atoms with van der Waals surface area (Å²) in [5.74, 6) is 0.438. The summed E-state index contributed by atoms with van der Waals surface area (Å²) in [4.78, 5) is 0. The number of benzene rings is 1. The third-order valence-electron chi connectivity index (χ3n) is 1.66. The first kappa shape index (κ1) is 11.3. The minimum atomic E-state index is -0.0364. The molecule has 0 aliphatic carbocycles. The Kier molecular flexibility index (Phi) is 3.89. The maximum atomic E-state index is 11.8. The predicted octanol–water partition coefficient (Wildman–Crippen LogP) is 2.15. The molecule has 0 atom stereocenters. The molecule has 0 unspecified atom stereocenters. The van der Waals surface area contributed by atoms with Gasteiger partial charge >= 0.3 is 0 Å². The Morgan fingerprint density at radius 3 is 2.73 bits per heavy atom. The highest BCUT2D eigenvalue weighted by atomic mass is 19.2. The van der Waals surface area contributed by atoms with Crippen LogP contribution in [0.4, 0.5) is 10.2 Å². The molecule has 0 spiro atoms. The molecule has 1 aromatic rings. The summed E-state index contributed by atoms with van der Waals surface area (Å²) in [6.45, 7) is 3.71. The average Bonchev–Trinajstić information content (AvgIpc) is 2.18. The highest BCUT2D eigenvalue weighted by Gasteiger charge is 2.06. The molecule has 1 rings (SSSR count). The van der Waals surface area contributed by atoms with Crippen LogP contribution in [0.5, 0.6) is 5.75 Å². The van der Waals surface area contributed by atoms with Gasteiger partial charge in [-0.1, -0.05) is 5.65 Å². The van der Waals surface area contributed by atoms with Crippen molar-refractivity contribution >= 4 is 5.69 Å². The summed E-state index contributed by atoms with van der Waals surface area (Å²) in [7, 11) is 0. The second kappa shape index (κ2) is 5.17. The minimum absolute atomic E-state index is 0.0364. The summed E-state index contributed by atoms with van der Waals surface area (Å²) >= 11 is 0. The lowest BCUT2D eigenvalue weighted by molar-refractivity contribution is 0.242. The highest BCUT2D eigenvalue weighted by Crippen LogP contribution is 2.23. The molecule has 0 radical (unpaired) electrons. The first-order valence-electron chi connectivity index (χ1n) is 4.50.